The molecule has 0 radical (unpaired) electrons. The average Bonchev–Trinajstić information content (AvgIpc) is 3.29. The molecule has 208 valence electrons. The summed E-state index contributed by atoms with van der Waals surface area (Å²) in [6, 6.07) is 0. The number of aliphatic hydroxyl groups excluding tert-OH is 2. The Labute approximate surface area is 221 Å². The van der Waals surface area contributed by atoms with Gasteiger partial charge in [0.25, 0.3) is 0 Å². The van der Waals surface area contributed by atoms with Gasteiger partial charge in [0.1, 0.15) is 0 Å². The summed E-state index contributed by atoms with van der Waals surface area (Å²) in [6.45, 7) is 16.6. The number of hydrogen-bond donors (Lipinski definition) is 3. The van der Waals surface area contributed by atoms with Crippen molar-refractivity contribution >= 4 is 5.97 Å². The summed E-state index contributed by atoms with van der Waals surface area (Å²) in [5.41, 5.74) is 0.353. The number of aliphatic hydroxyl groups is 2. The highest BCUT2D eigenvalue weighted by Crippen LogP contribution is 2.71. The zero-order valence-corrected chi connectivity index (χ0v) is 24.1. The SMILES string of the molecule is C=CCC(C)O.CC.CC1C(O)CCC2(C)C1CCC1(C)C3CCC4(C(=O)O)CCCC4C3CCC21. The minimum absolute atomic E-state index is 0.108. The second-order valence-electron chi connectivity index (χ2n) is 13.4. The standard InChI is InChI=1S/C25H40O3.C5H10O.C2H6/c1-15-17-8-12-24(3)18-9-14-25(22(27)28)11-4-5-19(25)16(18)6-7-21(24)23(17,2)13-10-20(15)26;1-3-4-5(2)6;1-2/h15-21,26H,4-14H2,1-3H3,(H,27,28);3,5-6H,1,4H2,2H3;1-2H3. The van der Waals surface area contributed by atoms with E-state index < -0.39 is 11.4 Å². The molecule has 5 fully saturated rings. The molecule has 0 aromatic rings. The minimum atomic E-state index is -0.494. The van der Waals surface area contributed by atoms with Crippen LogP contribution < -0.4 is 0 Å². The Hall–Kier alpha value is -0.870. The molecular weight excluding hydrogens is 448 g/mol. The van der Waals surface area contributed by atoms with E-state index >= 15 is 0 Å². The van der Waals surface area contributed by atoms with Gasteiger partial charge in [-0.1, -0.05) is 47.1 Å². The average molecular weight is 505 g/mol. The quantitative estimate of drug-likeness (QED) is 0.348. The molecule has 11 atom stereocenters. The molecule has 3 N–H and O–H groups in total. The summed E-state index contributed by atoms with van der Waals surface area (Å²) in [7, 11) is 0. The predicted molar refractivity (Wildman–Crippen MR) is 148 cm³/mol. The van der Waals surface area contributed by atoms with E-state index in [1.807, 2.05) is 13.8 Å². The van der Waals surface area contributed by atoms with Crippen LogP contribution in [0.3, 0.4) is 0 Å². The fraction of sp³-hybridized carbons (Fsp3) is 0.906. The molecule has 5 aliphatic rings. The largest absolute Gasteiger partial charge is 0.481 e. The van der Waals surface area contributed by atoms with Crippen molar-refractivity contribution in [2.75, 3.05) is 0 Å². The lowest BCUT2D eigenvalue weighted by Gasteiger charge is -2.67. The third-order valence-corrected chi connectivity index (χ3v) is 12.0. The first kappa shape index (κ1) is 29.7. The van der Waals surface area contributed by atoms with E-state index in [2.05, 4.69) is 27.4 Å². The first-order valence-corrected chi connectivity index (χ1v) is 15.2. The first-order chi connectivity index (χ1) is 17.0. The summed E-state index contributed by atoms with van der Waals surface area (Å²) < 4.78 is 0. The van der Waals surface area contributed by atoms with Gasteiger partial charge in [-0.2, -0.15) is 0 Å². The van der Waals surface area contributed by atoms with E-state index in [0.717, 1.165) is 50.4 Å². The maximum atomic E-state index is 12.3. The van der Waals surface area contributed by atoms with Crippen molar-refractivity contribution in [1.29, 1.82) is 0 Å². The van der Waals surface area contributed by atoms with Crippen LogP contribution in [-0.4, -0.2) is 33.5 Å². The van der Waals surface area contributed by atoms with Gasteiger partial charge in [-0.15, -0.1) is 6.58 Å². The number of carbonyl (C=O) groups is 1. The number of aliphatic carboxylic acids is 1. The number of hydrogen-bond acceptors (Lipinski definition) is 3. The summed E-state index contributed by atoms with van der Waals surface area (Å²) in [5.74, 6) is 3.15. The molecule has 5 rings (SSSR count). The van der Waals surface area contributed by atoms with Crippen LogP contribution >= 0.6 is 0 Å². The van der Waals surface area contributed by atoms with Gasteiger partial charge in [0, 0.05) is 0 Å². The Kier molecular flexibility index (Phi) is 9.46. The fourth-order valence-corrected chi connectivity index (χ4v) is 10.4. The number of carboxylic acid groups (broad SMARTS) is 1. The molecule has 36 heavy (non-hydrogen) atoms. The smallest absolute Gasteiger partial charge is 0.309 e. The van der Waals surface area contributed by atoms with Crippen molar-refractivity contribution < 1.29 is 20.1 Å². The molecule has 4 heteroatoms. The van der Waals surface area contributed by atoms with Crippen molar-refractivity contribution in [2.24, 2.45) is 51.8 Å². The minimum Gasteiger partial charge on any atom is -0.481 e. The van der Waals surface area contributed by atoms with Crippen LogP contribution in [0.1, 0.15) is 119 Å². The van der Waals surface area contributed by atoms with E-state index in [1.54, 1.807) is 13.0 Å². The second kappa shape index (κ2) is 11.5. The molecule has 0 aromatic heterocycles. The van der Waals surface area contributed by atoms with Crippen LogP contribution in [0.4, 0.5) is 0 Å². The third-order valence-electron chi connectivity index (χ3n) is 12.0. The van der Waals surface area contributed by atoms with E-state index in [4.69, 9.17) is 5.11 Å². The van der Waals surface area contributed by atoms with Gasteiger partial charge >= 0.3 is 5.97 Å². The van der Waals surface area contributed by atoms with E-state index in [-0.39, 0.29) is 12.2 Å². The predicted octanol–water partition coefficient (Wildman–Crippen LogP) is 7.48. The molecule has 0 amide bonds. The van der Waals surface area contributed by atoms with E-state index in [0.29, 0.717) is 40.9 Å². The van der Waals surface area contributed by atoms with Gasteiger partial charge in [-0.3, -0.25) is 4.79 Å². The Morgan fingerprint density at radius 2 is 1.56 bits per heavy atom. The zero-order valence-electron chi connectivity index (χ0n) is 24.1. The normalized spacial score (nSPS) is 47.7. The lowest BCUT2D eigenvalue weighted by molar-refractivity contribution is -0.199. The maximum absolute atomic E-state index is 12.3. The van der Waals surface area contributed by atoms with Gasteiger partial charge in [0.2, 0.25) is 0 Å². The summed E-state index contributed by atoms with van der Waals surface area (Å²) in [6.07, 6.45) is 14.6. The molecule has 11 unspecified atom stereocenters. The van der Waals surface area contributed by atoms with Crippen molar-refractivity contribution in [1.82, 2.24) is 0 Å². The van der Waals surface area contributed by atoms with Crippen LogP contribution in [0.25, 0.3) is 0 Å². The topological polar surface area (TPSA) is 77.8 Å². The third kappa shape index (κ3) is 4.83. The van der Waals surface area contributed by atoms with Gasteiger partial charge in [0.05, 0.1) is 17.6 Å². The monoisotopic (exact) mass is 504 g/mol. The van der Waals surface area contributed by atoms with E-state index in [9.17, 15) is 15.0 Å². The molecule has 0 saturated heterocycles. The Morgan fingerprint density at radius 1 is 0.944 bits per heavy atom. The highest BCUT2D eigenvalue weighted by atomic mass is 16.4. The lowest BCUT2D eigenvalue weighted by Crippen LogP contribution is -2.61. The molecule has 0 aliphatic heterocycles. The van der Waals surface area contributed by atoms with Crippen molar-refractivity contribution in [3.63, 3.8) is 0 Å². The van der Waals surface area contributed by atoms with Crippen LogP contribution in [-0.2, 0) is 4.79 Å². The van der Waals surface area contributed by atoms with E-state index in [1.165, 1.54) is 32.1 Å². The summed E-state index contributed by atoms with van der Waals surface area (Å²) in [4.78, 5) is 12.3. The molecular formula is C32H56O4. The highest BCUT2D eigenvalue weighted by Gasteiger charge is 2.65. The number of rotatable bonds is 3. The van der Waals surface area contributed by atoms with Crippen molar-refractivity contribution in [2.45, 2.75) is 131 Å². The lowest BCUT2D eigenvalue weighted by atomic mass is 9.37. The highest BCUT2D eigenvalue weighted by molar-refractivity contribution is 5.75. The molecule has 5 aliphatic carbocycles. The zero-order chi connectivity index (χ0) is 26.9. The summed E-state index contributed by atoms with van der Waals surface area (Å²) in [5, 5.41) is 29.1. The number of fused-ring (bicyclic) bond motifs is 7. The van der Waals surface area contributed by atoms with Crippen LogP contribution in [0.15, 0.2) is 12.7 Å². The van der Waals surface area contributed by atoms with Gasteiger partial charge in [0.15, 0.2) is 0 Å². The fourth-order valence-electron chi connectivity index (χ4n) is 10.4. The molecule has 0 aromatic carbocycles. The molecule has 5 saturated carbocycles. The summed E-state index contributed by atoms with van der Waals surface area (Å²) >= 11 is 0. The maximum Gasteiger partial charge on any atom is 0.309 e. The number of carboxylic acids is 1. The van der Waals surface area contributed by atoms with Gasteiger partial charge in [-0.25, -0.2) is 0 Å². The molecule has 4 nitrogen and oxygen atoms in total. The first-order valence-electron chi connectivity index (χ1n) is 15.2. The Bertz CT molecular complexity index is 763. The molecule has 0 heterocycles. The van der Waals surface area contributed by atoms with Gasteiger partial charge < -0.3 is 15.3 Å². The Balaban J connectivity index is 0.000000399. The van der Waals surface area contributed by atoms with Crippen molar-refractivity contribution in [3.05, 3.63) is 12.7 Å². The van der Waals surface area contributed by atoms with Crippen molar-refractivity contribution in [3.8, 4) is 0 Å². The molecule has 0 bridgehead atoms. The Morgan fingerprint density at radius 3 is 2.14 bits per heavy atom. The van der Waals surface area contributed by atoms with Crippen LogP contribution in [0, 0.1) is 51.8 Å². The second-order valence-corrected chi connectivity index (χ2v) is 13.4. The van der Waals surface area contributed by atoms with Crippen LogP contribution in [0.2, 0.25) is 0 Å². The van der Waals surface area contributed by atoms with Crippen LogP contribution in [0.5, 0.6) is 0 Å². The van der Waals surface area contributed by atoms with Gasteiger partial charge in [-0.05, 0) is 124 Å². The molecule has 0 spiro atoms.